The highest BCUT2D eigenvalue weighted by atomic mass is 36.0. The number of carbonyl (C=O) groups is 1. The molecule has 0 aromatic rings. The zero-order chi connectivity index (χ0) is 67.8. The molecule has 0 bridgehead atoms. The standard InChI is InChI=1S/C33H60O10P2.C33H56O5.CH4.B.Cl3P.HO3P.H2/c1-23(2)7-6-8-24(3)28-11-12-29-27-10-9-25-21-26(13-15-31(25,4)30(27)14-16-32(28,29)5)43-20-19-41-17-18-42-22-33(34,44(35,36)37)45(38,39)40;1-23(2)7-6-8-24(3)28-11-12-29-27-10-9-25-21-26(38-20-19-36-17-18-37-22-31(34)35)13-15-32(25,4)30(27)14-16-33(28,29)5;;;2*1-4(2)3;/h9,23-24,26-30,34H,6-8,10-22H2,1-5H3,(H2,35,36,37)(H2,38,39,40);9,23-24,26-30H,6-8,10-22H2,1-5H3,(H,34,35);1H4;;;(H,1,2,3);1H/t24-,26+,27+,28-,29+,30+,31+,32-;24-,26+,27+,28-,29+,30+,32+,33-;;;;;/m11...../s1. The molecular weight excluding hydrogens is 1330 g/mol. The zero-order valence-corrected chi connectivity index (χ0v) is 62.8. The van der Waals surface area contributed by atoms with Gasteiger partial charge in [-0.15, -0.1) is 0 Å². The summed E-state index contributed by atoms with van der Waals surface area (Å²) in [5.41, 5.74) is 4.94. The maximum atomic E-state index is 11.4. The smallest absolute Gasteiger partial charge is 0.485 e. The number of aliphatic carboxylic acids is 1. The molecule has 18 nitrogen and oxygen atoms in total. The molecule has 7 N–H and O–H groups in total. The number of allylic oxidation sites excluding steroid dienone is 2. The number of ether oxygens (including phenoxy) is 6. The molecule has 93 heavy (non-hydrogen) atoms. The van der Waals surface area contributed by atoms with Crippen LogP contribution in [-0.2, 0) is 46.9 Å². The second-order valence-corrected chi connectivity index (χ2v) is 39.5. The van der Waals surface area contributed by atoms with Crippen molar-refractivity contribution in [2.45, 2.75) is 235 Å². The third-order valence-electron chi connectivity index (χ3n) is 23.9. The van der Waals surface area contributed by atoms with E-state index >= 15 is 0 Å². The Balaban J connectivity index is 0.000000563. The minimum atomic E-state index is -5.53. The van der Waals surface area contributed by atoms with E-state index in [4.69, 9.17) is 101 Å². The van der Waals surface area contributed by atoms with Gasteiger partial charge in [-0.05, 0) is 200 Å². The summed E-state index contributed by atoms with van der Waals surface area (Å²) in [6.07, 6.45) is 34.4. The highest BCUT2D eigenvalue weighted by Gasteiger charge is 2.62. The molecule has 26 heteroatoms. The SMILES string of the molecule is C.CC(C)CCC[C@@H](C)[C@H]1CC[C@H]2[C@@H]3CC=C4C[C@@H](OCCOCCOCC(=O)O)CC[C@]4(C)[C@H]3CC[C@]12C.CC(C)CCC[C@@H](C)[C@H]1CC[C@H]2[C@@H]3CC=C4C[C@@H](OCCOCCOCC(O)(P(=O)(O)O)P(=O)(O)O)CC[C@]4(C)[C@H]3CC[C@]12C.ClP(Cl)Cl.O=[P+]([O-])O.[B].[HH]. The quantitative estimate of drug-likeness (QED) is 0.0152. The van der Waals surface area contributed by atoms with E-state index in [-0.39, 0.29) is 48.6 Å². The predicted molar refractivity (Wildman–Crippen MR) is 374 cm³/mol. The Morgan fingerprint density at radius 3 is 1.33 bits per heavy atom. The highest BCUT2D eigenvalue weighted by molar-refractivity contribution is 8.20. The van der Waals surface area contributed by atoms with Crippen LogP contribution in [0, 0.1) is 92.7 Å². The topological polar surface area (TPSA) is 288 Å². The fraction of sp³-hybridized carbons (Fsp3) is 0.925. The van der Waals surface area contributed by atoms with Gasteiger partial charge in [0.1, 0.15) is 6.61 Å². The lowest BCUT2D eigenvalue weighted by atomic mass is 9.47. The molecule has 0 saturated heterocycles. The molecule has 0 spiro atoms. The third kappa shape index (κ3) is 24.0. The first-order chi connectivity index (χ1) is 42.5. The van der Waals surface area contributed by atoms with Crippen molar-refractivity contribution in [2.24, 2.45) is 92.7 Å². The van der Waals surface area contributed by atoms with Gasteiger partial charge in [0.15, 0.2) is 5.98 Å². The van der Waals surface area contributed by atoms with Crippen LogP contribution in [0.3, 0.4) is 0 Å². The fourth-order valence-electron chi connectivity index (χ4n) is 19.3. The van der Waals surface area contributed by atoms with Crippen molar-refractivity contribution in [2.75, 3.05) is 66.1 Å². The number of hydrogen-bond donors (Lipinski definition) is 7. The van der Waals surface area contributed by atoms with E-state index in [1.54, 1.807) is 11.1 Å². The summed E-state index contributed by atoms with van der Waals surface area (Å²) in [6, 6.07) is 0. The van der Waals surface area contributed by atoms with Crippen molar-refractivity contribution >= 4 is 77.5 Å². The normalized spacial score (nSPS) is 32.9. The molecule has 0 heterocycles. The van der Waals surface area contributed by atoms with Gasteiger partial charge >= 0.3 is 29.4 Å². The van der Waals surface area contributed by atoms with Gasteiger partial charge < -0.3 is 63.1 Å². The predicted octanol–water partition coefficient (Wildman–Crippen LogP) is 16.4. The van der Waals surface area contributed by atoms with Crippen LogP contribution in [0.25, 0.3) is 0 Å². The van der Waals surface area contributed by atoms with Crippen molar-refractivity contribution < 1.29 is 87.9 Å². The van der Waals surface area contributed by atoms with Gasteiger partial charge in [0.2, 0.25) is 0 Å². The van der Waals surface area contributed by atoms with Crippen LogP contribution in [0.5, 0.6) is 0 Å². The Kier molecular flexibility index (Phi) is 37.4. The average Bonchev–Trinajstić information content (AvgIpc) is 1.38. The van der Waals surface area contributed by atoms with Gasteiger partial charge in [0, 0.05) is 9.84 Å². The lowest BCUT2D eigenvalue weighted by Gasteiger charge is -2.58. The van der Waals surface area contributed by atoms with Crippen molar-refractivity contribution in [3.63, 3.8) is 0 Å². The molecule has 17 atom stereocenters. The largest absolute Gasteiger partial charge is 0.567 e. The van der Waals surface area contributed by atoms with Gasteiger partial charge in [0.25, 0.3) is 5.08 Å². The fourth-order valence-corrected chi connectivity index (χ4v) is 21.2. The van der Waals surface area contributed by atoms with Gasteiger partial charge in [-0.1, -0.05) is 172 Å². The first-order valence-corrected chi connectivity index (χ1v) is 42.6. The monoisotopic (exact) mass is 1460 g/mol. The maximum absolute atomic E-state index is 11.4. The van der Waals surface area contributed by atoms with Crippen LogP contribution in [0.1, 0.15) is 219 Å². The summed E-state index contributed by atoms with van der Waals surface area (Å²) in [7, 11) is -14.2. The van der Waals surface area contributed by atoms with Crippen molar-refractivity contribution in [1.82, 2.24) is 0 Å². The van der Waals surface area contributed by atoms with Crippen LogP contribution >= 0.6 is 63.1 Å². The lowest BCUT2D eigenvalue weighted by Crippen LogP contribution is -2.51. The second-order valence-electron chi connectivity index (χ2n) is 30.1. The number of aliphatic hydroxyl groups is 1. The van der Waals surface area contributed by atoms with E-state index in [1.807, 2.05) is 0 Å². The molecule has 8 aliphatic rings. The first kappa shape index (κ1) is 87.6. The molecule has 0 aromatic carbocycles. The number of hydrogen-bond acceptors (Lipinski definition) is 12. The Hall–Kier alpha value is 0.355. The van der Waals surface area contributed by atoms with Crippen LogP contribution in [-0.4, -0.2) is 132 Å². The van der Waals surface area contributed by atoms with Gasteiger partial charge in [-0.25, -0.2) is 4.79 Å². The minimum absolute atomic E-state index is 0. The summed E-state index contributed by atoms with van der Waals surface area (Å²) in [5, 5.41) is 14.9. The second kappa shape index (κ2) is 39.7. The molecule has 0 amide bonds. The van der Waals surface area contributed by atoms with Crippen LogP contribution in [0.4, 0.5) is 0 Å². The molecule has 8 rings (SSSR count). The molecule has 1 unspecified atom stereocenters. The number of carboxylic acid groups (broad SMARTS) is 1. The van der Waals surface area contributed by atoms with E-state index in [1.165, 1.54) is 109 Å². The number of carboxylic acids is 1. The lowest BCUT2D eigenvalue weighted by molar-refractivity contribution is -0.180. The maximum Gasteiger partial charge on any atom is 0.485 e. The molecule has 3 radical (unpaired) electrons. The van der Waals surface area contributed by atoms with E-state index in [9.17, 15) is 19.0 Å². The van der Waals surface area contributed by atoms with E-state index in [0.717, 1.165) is 103 Å². The van der Waals surface area contributed by atoms with Crippen LogP contribution < -0.4 is 4.89 Å². The van der Waals surface area contributed by atoms with Gasteiger partial charge in [0.05, 0.1) is 71.7 Å². The van der Waals surface area contributed by atoms with E-state index in [0.29, 0.717) is 62.0 Å². The Labute approximate surface area is 579 Å². The number of rotatable bonds is 30. The first-order valence-electron chi connectivity index (χ1n) is 34.1. The summed E-state index contributed by atoms with van der Waals surface area (Å²) in [5.74, 6) is 8.04. The number of halogens is 3. The van der Waals surface area contributed by atoms with Crippen LogP contribution in [0.2, 0.25) is 0 Å². The summed E-state index contributed by atoms with van der Waals surface area (Å²) < 4.78 is 64.7. The Bertz CT molecular complexity index is 2400. The third-order valence-corrected chi connectivity index (χ3v) is 27.6. The highest BCUT2D eigenvalue weighted by Crippen LogP contribution is 2.70. The van der Waals surface area contributed by atoms with Crippen LogP contribution in [0.15, 0.2) is 23.3 Å². The van der Waals surface area contributed by atoms with Crippen molar-refractivity contribution in [3.05, 3.63) is 23.3 Å². The van der Waals surface area contributed by atoms with E-state index in [2.05, 4.69) is 81.4 Å². The molecule has 8 aliphatic carbocycles. The molecule has 6 saturated carbocycles. The zero-order valence-electron chi connectivity index (χ0n) is 57.0. The van der Waals surface area contributed by atoms with Crippen molar-refractivity contribution in [1.29, 1.82) is 0 Å². The summed E-state index contributed by atoms with van der Waals surface area (Å²) in [4.78, 5) is 62.7. The molecule has 6 fully saturated rings. The number of fused-ring (bicyclic) bond motifs is 10. The Morgan fingerprint density at radius 1 is 0.624 bits per heavy atom. The molecule has 0 aliphatic heterocycles. The minimum Gasteiger partial charge on any atom is -0.567 e. The van der Waals surface area contributed by atoms with Gasteiger partial charge in [-0.2, -0.15) is 4.89 Å². The van der Waals surface area contributed by atoms with Gasteiger partial charge in [-0.3, -0.25) is 9.13 Å². The van der Waals surface area contributed by atoms with E-state index < -0.39 is 47.1 Å². The molecule has 543 valence electrons. The summed E-state index contributed by atoms with van der Waals surface area (Å²) >= 11 is 14.6. The molecular formula is C67H123BCl3O18P4. The van der Waals surface area contributed by atoms with Crippen molar-refractivity contribution in [3.8, 4) is 0 Å². The molecule has 0 aromatic heterocycles. The Morgan fingerprint density at radius 2 is 0.978 bits per heavy atom. The average molecular weight is 1460 g/mol. The summed E-state index contributed by atoms with van der Waals surface area (Å²) in [6.45, 7) is 25.9.